The van der Waals surface area contributed by atoms with Crippen LogP contribution in [0.25, 0.3) is 5.57 Å². The first-order valence-corrected chi connectivity index (χ1v) is 9.30. The number of hydrogen-bond acceptors (Lipinski definition) is 3. The van der Waals surface area contributed by atoms with Crippen molar-refractivity contribution in [3.63, 3.8) is 0 Å². The van der Waals surface area contributed by atoms with E-state index in [-0.39, 0.29) is 17.1 Å². The van der Waals surface area contributed by atoms with Gasteiger partial charge in [0.2, 0.25) is 0 Å². The quantitative estimate of drug-likeness (QED) is 0.766. The van der Waals surface area contributed by atoms with Gasteiger partial charge in [-0.15, -0.1) is 0 Å². The summed E-state index contributed by atoms with van der Waals surface area (Å²) in [5.41, 5.74) is 5.21. The van der Waals surface area contributed by atoms with Crippen LogP contribution < -0.4 is 0 Å². The number of carbonyl (C=O) groups excluding carboxylic acids is 1. The molecule has 0 unspecified atom stereocenters. The van der Waals surface area contributed by atoms with Gasteiger partial charge < -0.3 is 5.11 Å². The summed E-state index contributed by atoms with van der Waals surface area (Å²) in [6.45, 7) is 6.46. The topological polar surface area (TPSA) is 52.9 Å². The molecule has 27 heavy (non-hydrogen) atoms. The monoisotopic (exact) mass is 360 g/mol. The van der Waals surface area contributed by atoms with E-state index >= 15 is 0 Å². The van der Waals surface area contributed by atoms with Gasteiger partial charge in [-0.25, -0.2) is 4.99 Å². The van der Waals surface area contributed by atoms with Crippen molar-refractivity contribution in [2.75, 3.05) is 7.05 Å². The van der Waals surface area contributed by atoms with Gasteiger partial charge in [0.25, 0.3) is 5.91 Å². The van der Waals surface area contributed by atoms with Crippen LogP contribution >= 0.6 is 0 Å². The van der Waals surface area contributed by atoms with Gasteiger partial charge in [-0.1, -0.05) is 50.2 Å². The van der Waals surface area contributed by atoms with E-state index in [1.165, 1.54) is 0 Å². The summed E-state index contributed by atoms with van der Waals surface area (Å²) in [5.74, 6) is 0.765. The Kier molecular flexibility index (Phi) is 3.95. The highest BCUT2D eigenvalue weighted by Crippen LogP contribution is 2.49. The van der Waals surface area contributed by atoms with Crippen LogP contribution in [0.5, 0.6) is 5.75 Å². The Hall–Kier alpha value is -2.88. The fourth-order valence-corrected chi connectivity index (χ4v) is 4.32. The summed E-state index contributed by atoms with van der Waals surface area (Å²) in [6.07, 6.45) is 1.63. The second-order valence-electron chi connectivity index (χ2n) is 8.03. The maximum absolute atomic E-state index is 13.0. The van der Waals surface area contributed by atoms with Crippen molar-refractivity contribution in [2.24, 2.45) is 4.99 Å². The molecule has 1 amide bonds. The smallest absolute Gasteiger partial charge is 0.278 e. The maximum Gasteiger partial charge on any atom is 0.278 e. The Morgan fingerprint density at radius 2 is 1.81 bits per heavy atom. The number of likely N-dealkylation sites (N-methyl/N-ethyl adjacent to an activating group) is 1. The number of phenolic OH excluding ortho intramolecular Hbond substituents is 1. The van der Waals surface area contributed by atoms with Crippen LogP contribution in [0.2, 0.25) is 0 Å². The largest absolute Gasteiger partial charge is 0.507 e. The molecule has 2 aromatic rings. The summed E-state index contributed by atoms with van der Waals surface area (Å²) < 4.78 is 0. The van der Waals surface area contributed by atoms with Gasteiger partial charge in [-0.2, -0.15) is 0 Å². The summed E-state index contributed by atoms with van der Waals surface area (Å²) in [4.78, 5) is 19.4. The lowest BCUT2D eigenvalue weighted by atomic mass is 9.68. The predicted octanol–water partition coefficient (Wildman–Crippen LogP) is 4.40. The van der Waals surface area contributed by atoms with E-state index in [2.05, 4.69) is 20.8 Å². The van der Waals surface area contributed by atoms with Crippen molar-refractivity contribution in [1.29, 1.82) is 0 Å². The molecule has 0 fully saturated rings. The van der Waals surface area contributed by atoms with Gasteiger partial charge in [0.1, 0.15) is 17.3 Å². The number of nitrogens with zero attached hydrogens (tertiary/aromatic N) is 2. The summed E-state index contributed by atoms with van der Waals surface area (Å²) in [6, 6.07) is 13.4. The number of phenols is 1. The lowest BCUT2D eigenvalue weighted by Gasteiger charge is -2.36. The Bertz CT molecular complexity index is 1000. The highest BCUT2D eigenvalue weighted by atomic mass is 16.3. The molecule has 4 heteroatoms. The van der Waals surface area contributed by atoms with Crippen LogP contribution in [0.15, 0.2) is 53.2 Å². The first-order valence-electron chi connectivity index (χ1n) is 9.30. The molecule has 4 rings (SSSR count). The predicted molar refractivity (Wildman–Crippen MR) is 108 cm³/mol. The Morgan fingerprint density at radius 1 is 1.11 bits per heavy atom. The van der Waals surface area contributed by atoms with Gasteiger partial charge in [0, 0.05) is 18.2 Å². The van der Waals surface area contributed by atoms with Crippen LogP contribution in [0.3, 0.4) is 0 Å². The minimum Gasteiger partial charge on any atom is -0.507 e. The minimum atomic E-state index is -0.115. The number of carbonyl (C=O) groups is 1. The average molecular weight is 360 g/mol. The van der Waals surface area contributed by atoms with Crippen LogP contribution in [-0.4, -0.2) is 28.8 Å². The zero-order valence-electron chi connectivity index (χ0n) is 16.2. The van der Waals surface area contributed by atoms with E-state index < -0.39 is 0 Å². The molecule has 138 valence electrons. The SMILES string of the molecule is Cc1ccc(O)c2c1C(C)(C)CC/C2=C1/N=C(c2ccccc2)N(C)C1=O. The molecule has 4 nitrogen and oxygen atoms in total. The Balaban J connectivity index is 1.96. The molecule has 0 bridgehead atoms. The molecule has 2 aromatic carbocycles. The Labute approximate surface area is 159 Å². The van der Waals surface area contributed by atoms with Crippen molar-refractivity contribution in [1.82, 2.24) is 4.90 Å². The van der Waals surface area contributed by atoms with Crippen molar-refractivity contribution in [3.05, 3.63) is 70.4 Å². The molecule has 0 spiro atoms. The number of aromatic hydroxyl groups is 1. The lowest BCUT2D eigenvalue weighted by molar-refractivity contribution is -0.121. The lowest BCUT2D eigenvalue weighted by Crippen LogP contribution is -2.29. The number of aliphatic imine (C=N–C) groups is 1. The molecule has 1 N–H and O–H groups in total. The first kappa shape index (κ1) is 17.5. The van der Waals surface area contributed by atoms with Gasteiger partial charge >= 0.3 is 0 Å². The molecule has 1 heterocycles. The van der Waals surface area contributed by atoms with Crippen molar-refractivity contribution in [3.8, 4) is 5.75 Å². The van der Waals surface area contributed by atoms with Gasteiger partial charge in [-0.3, -0.25) is 9.69 Å². The van der Waals surface area contributed by atoms with Crippen LogP contribution in [-0.2, 0) is 10.2 Å². The van der Waals surface area contributed by atoms with Crippen LogP contribution in [0.1, 0.15) is 48.9 Å². The number of benzene rings is 2. The fraction of sp³-hybridized carbons (Fsp3) is 0.304. The van der Waals surface area contributed by atoms with E-state index in [0.29, 0.717) is 11.5 Å². The minimum absolute atomic E-state index is 0.0538. The van der Waals surface area contributed by atoms with E-state index in [9.17, 15) is 9.90 Å². The van der Waals surface area contributed by atoms with E-state index in [1.54, 1.807) is 18.0 Å². The molecule has 0 saturated heterocycles. The van der Waals surface area contributed by atoms with Gasteiger partial charge in [-0.05, 0) is 47.9 Å². The number of fused-ring (bicyclic) bond motifs is 1. The number of aryl methyl sites for hydroxylation is 1. The second-order valence-corrected chi connectivity index (χ2v) is 8.03. The highest BCUT2D eigenvalue weighted by molar-refractivity contribution is 6.20. The van der Waals surface area contributed by atoms with Gasteiger partial charge in [0.05, 0.1) is 0 Å². The van der Waals surface area contributed by atoms with E-state index in [1.807, 2.05) is 36.4 Å². The third kappa shape index (κ3) is 2.67. The molecule has 0 radical (unpaired) electrons. The van der Waals surface area contributed by atoms with Crippen LogP contribution in [0.4, 0.5) is 0 Å². The zero-order chi connectivity index (χ0) is 19.3. The van der Waals surface area contributed by atoms with E-state index in [4.69, 9.17) is 4.99 Å². The fourth-order valence-electron chi connectivity index (χ4n) is 4.32. The molecular weight excluding hydrogens is 336 g/mol. The molecule has 2 aliphatic rings. The van der Waals surface area contributed by atoms with E-state index in [0.717, 1.165) is 40.7 Å². The normalized spacial score (nSPS) is 21.3. The summed E-state index contributed by atoms with van der Waals surface area (Å²) in [5, 5.41) is 10.7. The second kappa shape index (κ2) is 6.08. The van der Waals surface area contributed by atoms with Crippen molar-refractivity contribution in [2.45, 2.75) is 39.0 Å². The third-order valence-corrected chi connectivity index (χ3v) is 5.73. The summed E-state index contributed by atoms with van der Waals surface area (Å²) >= 11 is 0. The maximum atomic E-state index is 13.0. The summed E-state index contributed by atoms with van der Waals surface area (Å²) in [7, 11) is 1.76. The highest BCUT2D eigenvalue weighted by Gasteiger charge is 2.38. The first-order chi connectivity index (χ1) is 12.8. The molecule has 0 aromatic heterocycles. The number of amidine groups is 1. The van der Waals surface area contributed by atoms with Crippen LogP contribution in [0, 0.1) is 6.92 Å². The van der Waals surface area contributed by atoms with Crippen molar-refractivity contribution < 1.29 is 9.90 Å². The number of hydrogen-bond donors (Lipinski definition) is 1. The van der Waals surface area contributed by atoms with Crippen molar-refractivity contribution >= 4 is 17.3 Å². The molecular formula is C23H24N2O2. The average Bonchev–Trinajstić information content (AvgIpc) is 2.94. The molecule has 0 saturated carbocycles. The standard InChI is InChI=1S/C23H24N2O2/c1-14-10-11-17(26)18-16(12-13-23(2,3)19(14)18)20-22(27)25(4)21(24-20)15-8-6-5-7-9-15/h5-11,26H,12-13H2,1-4H3/b20-16-. The molecule has 1 aliphatic carbocycles. The number of amides is 1. The number of allylic oxidation sites excluding steroid dienone is 1. The Morgan fingerprint density at radius 3 is 2.52 bits per heavy atom. The number of rotatable bonds is 1. The van der Waals surface area contributed by atoms with Gasteiger partial charge in [0.15, 0.2) is 0 Å². The molecule has 1 aliphatic heterocycles. The zero-order valence-corrected chi connectivity index (χ0v) is 16.2. The molecule has 0 atom stereocenters. The third-order valence-electron chi connectivity index (χ3n) is 5.73.